The zero-order chi connectivity index (χ0) is 12.3. The molecule has 0 N–H and O–H groups in total. The molecule has 94 valence electrons. The maximum absolute atomic E-state index is 12.9. The minimum atomic E-state index is -0.341. The van der Waals surface area contributed by atoms with E-state index in [0.29, 0.717) is 17.4 Å². The van der Waals surface area contributed by atoms with Crippen molar-refractivity contribution in [2.75, 3.05) is 12.4 Å². The fourth-order valence-electron chi connectivity index (χ4n) is 2.30. The molecule has 1 fully saturated rings. The molecule has 17 heavy (non-hydrogen) atoms. The van der Waals surface area contributed by atoms with Gasteiger partial charge in [-0.1, -0.05) is 24.4 Å². The van der Waals surface area contributed by atoms with Gasteiger partial charge in [-0.25, -0.2) is 4.39 Å². The van der Waals surface area contributed by atoms with Crippen LogP contribution in [0.5, 0.6) is 5.75 Å². The molecular weight excluding hydrogens is 259 g/mol. The second kappa shape index (κ2) is 5.49. The van der Waals surface area contributed by atoms with Gasteiger partial charge in [-0.2, -0.15) is 12.6 Å². The third kappa shape index (κ3) is 3.08. The predicted molar refractivity (Wildman–Crippen MR) is 71.7 cm³/mol. The second-order valence-corrected chi connectivity index (χ2v) is 5.45. The van der Waals surface area contributed by atoms with Crippen LogP contribution in [0.2, 0.25) is 5.02 Å². The van der Waals surface area contributed by atoms with Crippen molar-refractivity contribution >= 4 is 24.2 Å². The lowest BCUT2D eigenvalue weighted by Gasteiger charge is -2.26. The van der Waals surface area contributed by atoms with E-state index in [4.69, 9.17) is 16.3 Å². The Morgan fingerprint density at radius 2 is 2.06 bits per heavy atom. The molecule has 1 aliphatic rings. The summed E-state index contributed by atoms with van der Waals surface area (Å²) in [5.41, 5.74) is 0.167. The van der Waals surface area contributed by atoms with Crippen molar-refractivity contribution in [3.05, 3.63) is 29.0 Å². The van der Waals surface area contributed by atoms with Gasteiger partial charge in [0, 0.05) is 5.41 Å². The number of thiol groups is 1. The minimum Gasteiger partial charge on any atom is -0.491 e. The third-order valence-corrected chi connectivity index (χ3v) is 4.39. The fourth-order valence-corrected chi connectivity index (χ4v) is 2.93. The Morgan fingerprint density at radius 1 is 1.35 bits per heavy atom. The van der Waals surface area contributed by atoms with E-state index in [2.05, 4.69) is 12.6 Å². The smallest absolute Gasteiger partial charge is 0.138 e. The SMILES string of the molecule is Fc1ccc(OCC2(CS)CCCC2)c(Cl)c1. The first-order valence-corrected chi connectivity index (χ1v) is 6.85. The van der Waals surface area contributed by atoms with Crippen molar-refractivity contribution < 1.29 is 9.13 Å². The normalized spacial score (nSPS) is 18.3. The lowest BCUT2D eigenvalue weighted by Crippen LogP contribution is -2.27. The zero-order valence-corrected chi connectivity index (χ0v) is 11.2. The molecule has 0 aromatic heterocycles. The highest BCUT2D eigenvalue weighted by molar-refractivity contribution is 7.80. The molecule has 2 rings (SSSR count). The molecule has 1 saturated carbocycles. The van der Waals surface area contributed by atoms with Crippen LogP contribution in [0.15, 0.2) is 18.2 Å². The Kier molecular flexibility index (Phi) is 4.21. The zero-order valence-electron chi connectivity index (χ0n) is 9.59. The summed E-state index contributed by atoms with van der Waals surface area (Å²) in [6, 6.07) is 4.22. The first-order chi connectivity index (χ1) is 8.15. The molecule has 1 nitrogen and oxygen atoms in total. The molecule has 4 heteroatoms. The summed E-state index contributed by atoms with van der Waals surface area (Å²) in [6.45, 7) is 0.613. The minimum absolute atomic E-state index is 0.167. The standard InChI is InChI=1S/C13H16ClFOS/c14-11-7-10(15)3-4-12(11)16-8-13(9-17)5-1-2-6-13/h3-4,7,17H,1-2,5-6,8-9H2. The average Bonchev–Trinajstić information content (AvgIpc) is 2.77. The Morgan fingerprint density at radius 3 is 2.65 bits per heavy atom. The van der Waals surface area contributed by atoms with E-state index in [0.717, 1.165) is 18.6 Å². The topological polar surface area (TPSA) is 9.23 Å². The van der Waals surface area contributed by atoms with E-state index in [1.54, 1.807) is 6.07 Å². The van der Waals surface area contributed by atoms with Gasteiger partial charge in [-0.15, -0.1) is 0 Å². The highest BCUT2D eigenvalue weighted by atomic mass is 35.5. The van der Waals surface area contributed by atoms with Crippen molar-refractivity contribution in [2.24, 2.45) is 5.41 Å². The highest BCUT2D eigenvalue weighted by Gasteiger charge is 2.33. The van der Waals surface area contributed by atoms with Crippen LogP contribution >= 0.6 is 24.2 Å². The monoisotopic (exact) mass is 274 g/mol. The molecule has 1 aromatic carbocycles. The Balaban J connectivity index is 2.01. The van der Waals surface area contributed by atoms with Crippen LogP contribution in [0, 0.1) is 11.2 Å². The average molecular weight is 275 g/mol. The lowest BCUT2D eigenvalue weighted by molar-refractivity contribution is 0.173. The summed E-state index contributed by atoms with van der Waals surface area (Å²) in [4.78, 5) is 0. The molecule has 0 heterocycles. The van der Waals surface area contributed by atoms with Gasteiger partial charge in [0.2, 0.25) is 0 Å². The van der Waals surface area contributed by atoms with Crippen LogP contribution < -0.4 is 4.74 Å². The second-order valence-electron chi connectivity index (χ2n) is 4.73. The Bertz CT molecular complexity index is 391. The summed E-state index contributed by atoms with van der Waals surface area (Å²) < 4.78 is 18.6. The number of hydrogen-bond donors (Lipinski definition) is 1. The van der Waals surface area contributed by atoms with Crippen LogP contribution in [0.4, 0.5) is 4.39 Å². The summed E-state index contributed by atoms with van der Waals surface area (Å²) in [6.07, 6.45) is 4.77. The largest absolute Gasteiger partial charge is 0.491 e. The van der Waals surface area contributed by atoms with E-state index >= 15 is 0 Å². The van der Waals surface area contributed by atoms with Gasteiger partial charge in [0.1, 0.15) is 11.6 Å². The molecule has 1 aromatic rings. The van der Waals surface area contributed by atoms with E-state index in [1.807, 2.05) is 0 Å². The van der Waals surface area contributed by atoms with Crippen molar-refractivity contribution in [3.8, 4) is 5.75 Å². The third-order valence-electron chi connectivity index (χ3n) is 3.43. The van der Waals surface area contributed by atoms with Crippen molar-refractivity contribution in [3.63, 3.8) is 0 Å². The Hall–Kier alpha value is -0.410. The van der Waals surface area contributed by atoms with Gasteiger partial charge < -0.3 is 4.74 Å². The molecule has 0 unspecified atom stereocenters. The molecule has 0 saturated heterocycles. The molecule has 1 aliphatic carbocycles. The van der Waals surface area contributed by atoms with Crippen molar-refractivity contribution in [2.45, 2.75) is 25.7 Å². The lowest BCUT2D eigenvalue weighted by atomic mass is 9.90. The van der Waals surface area contributed by atoms with Crippen LogP contribution in [0.1, 0.15) is 25.7 Å². The molecule has 0 radical (unpaired) electrons. The number of ether oxygens (including phenoxy) is 1. The van der Waals surface area contributed by atoms with Gasteiger partial charge in [0.15, 0.2) is 0 Å². The maximum atomic E-state index is 12.9. The van der Waals surface area contributed by atoms with Crippen molar-refractivity contribution in [1.29, 1.82) is 0 Å². The highest BCUT2D eigenvalue weighted by Crippen LogP contribution is 2.40. The number of benzene rings is 1. The number of halogens is 2. The van der Waals surface area contributed by atoms with E-state index in [-0.39, 0.29) is 11.2 Å². The molecule has 0 bridgehead atoms. The van der Waals surface area contributed by atoms with Crippen LogP contribution in [0.25, 0.3) is 0 Å². The van der Waals surface area contributed by atoms with E-state index in [9.17, 15) is 4.39 Å². The summed E-state index contributed by atoms with van der Waals surface area (Å²) >= 11 is 10.3. The van der Waals surface area contributed by atoms with Gasteiger partial charge in [-0.3, -0.25) is 0 Å². The fraction of sp³-hybridized carbons (Fsp3) is 0.538. The van der Waals surface area contributed by atoms with Crippen molar-refractivity contribution in [1.82, 2.24) is 0 Å². The maximum Gasteiger partial charge on any atom is 0.138 e. The van der Waals surface area contributed by atoms with E-state index < -0.39 is 0 Å². The van der Waals surface area contributed by atoms with Gasteiger partial charge >= 0.3 is 0 Å². The Labute approximate surface area is 112 Å². The first-order valence-electron chi connectivity index (χ1n) is 5.84. The van der Waals surface area contributed by atoms with Gasteiger partial charge in [-0.05, 0) is 36.8 Å². The summed E-state index contributed by atoms with van der Waals surface area (Å²) in [5, 5.41) is 0.331. The van der Waals surface area contributed by atoms with Gasteiger partial charge in [0.05, 0.1) is 11.6 Å². The predicted octanol–water partition coefficient (Wildman–Crippen LogP) is 4.35. The summed E-state index contributed by atoms with van der Waals surface area (Å²) in [5.74, 6) is 1.04. The molecule has 0 atom stereocenters. The van der Waals surface area contributed by atoms with Crippen LogP contribution in [-0.4, -0.2) is 12.4 Å². The molecule has 0 aliphatic heterocycles. The molecular formula is C13H16ClFOS. The molecule has 0 amide bonds. The number of hydrogen-bond acceptors (Lipinski definition) is 2. The number of rotatable bonds is 4. The van der Waals surface area contributed by atoms with Crippen LogP contribution in [0.3, 0.4) is 0 Å². The van der Waals surface area contributed by atoms with Crippen LogP contribution in [-0.2, 0) is 0 Å². The van der Waals surface area contributed by atoms with Gasteiger partial charge in [0.25, 0.3) is 0 Å². The summed E-state index contributed by atoms with van der Waals surface area (Å²) in [7, 11) is 0. The molecule has 0 spiro atoms. The first kappa shape index (κ1) is 13.0. The quantitative estimate of drug-likeness (QED) is 0.803. The van der Waals surface area contributed by atoms with E-state index in [1.165, 1.54) is 25.0 Å².